The summed E-state index contributed by atoms with van der Waals surface area (Å²) in [5.41, 5.74) is 1.17. The average molecular weight is 237 g/mol. The van der Waals surface area contributed by atoms with Gasteiger partial charge in [0.1, 0.15) is 5.75 Å². The number of hydrogen-bond acceptors (Lipinski definition) is 3. The molecule has 0 aliphatic carbocycles. The molecule has 0 bridgehead atoms. The van der Waals surface area contributed by atoms with Crippen LogP contribution in [0.4, 0.5) is 5.69 Å². The highest BCUT2D eigenvalue weighted by molar-refractivity contribution is 8.00. The third-order valence-corrected chi connectivity index (χ3v) is 3.76. The molecule has 1 aliphatic heterocycles. The zero-order valence-electron chi connectivity index (χ0n) is 10.1. The van der Waals surface area contributed by atoms with Crippen LogP contribution in [-0.4, -0.2) is 17.9 Å². The Kier molecular flexibility index (Phi) is 3.64. The highest BCUT2D eigenvalue weighted by atomic mass is 32.2. The van der Waals surface area contributed by atoms with E-state index < -0.39 is 0 Å². The first-order valence-electron chi connectivity index (χ1n) is 5.87. The third-order valence-electron chi connectivity index (χ3n) is 2.53. The molecule has 16 heavy (non-hydrogen) atoms. The van der Waals surface area contributed by atoms with Crippen LogP contribution in [0.1, 0.15) is 27.2 Å². The van der Waals surface area contributed by atoms with E-state index in [0.717, 1.165) is 12.3 Å². The average Bonchev–Trinajstić information content (AvgIpc) is 2.38. The molecule has 0 aromatic heterocycles. The lowest BCUT2D eigenvalue weighted by molar-refractivity contribution is 0.243. The first kappa shape index (κ1) is 11.6. The Labute approximate surface area is 102 Å². The van der Waals surface area contributed by atoms with Crippen LogP contribution in [0.25, 0.3) is 0 Å². The van der Waals surface area contributed by atoms with Gasteiger partial charge in [-0.3, -0.25) is 0 Å². The predicted octanol–water partition coefficient (Wildman–Crippen LogP) is 3.77. The number of nitrogens with one attached hydrogen (secondary N) is 1. The second kappa shape index (κ2) is 5.00. The number of fused-ring (bicyclic) bond motifs is 1. The molecule has 1 unspecified atom stereocenters. The van der Waals surface area contributed by atoms with Crippen molar-refractivity contribution in [2.45, 2.75) is 43.4 Å². The molecule has 1 heterocycles. The predicted molar refractivity (Wildman–Crippen MR) is 70.6 cm³/mol. The van der Waals surface area contributed by atoms with Crippen molar-refractivity contribution in [3.8, 4) is 5.75 Å². The minimum Gasteiger partial charge on any atom is -0.489 e. The van der Waals surface area contributed by atoms with E-state index in [4.69, 9.17) is 4.74 Å². The summed E-state index contributed by atoms with van der Waals surface area (Å²) in [6, 6.07) is 6.29. The van der Waals surface area contributed by atoms with Crippen LogP contribution in [0.3, 0.4) is 0 Å². The molecule has 0 saturated heterocycles. The fraction of sp³-hybridized carbons (Fsp3) is 0.538. The summed E-state index contributed by atoms with van der Waals surface area (Å²) in [4.78, 5) is 1.31. The fourth-order valence-electron chi connectivity index (χ4n) is 1.81. The minimum atomic E-state index is 0.221. The van der Waals surface area contributed by atoms with Gasteiger partial charge < -0.3 is 10.1 Å². The third kappa shape index (κ3) is 2.64. The molecule has 2 nitrogen and oxygen atoms in total. The van der Waals surface area contributed by atoms with Crippen molar-refractivity contribution in [2.24, 2.45) is 0 Å². The number of anilines is 1. The van der Waals surface area contributed by atoms with Gasteiger partial charge in [-0.05, 0) is 32.4 Å². The molecular formula is C13H19NOS. The van der Waals surface area contributed by atoms with Gasteiger partial charge in [-0.2, -0.15) is 0 Å². The van der Waals surface area contributed by atoms with Crippen LogP contribution < -0.4 is 10.1 Å². The Bertz CT molecular complexity index is 365. The molecule has 1 N–H and O–H groups in total. The van der Waals surface area contributed by atoms with Gasteiger partial charge in [0, 0.05) is 16.7 Å². The van der Waals surface area contributed by atoms with Crippen molar-refractivity contribution in [1.29, 1.82) is 0 Å². The molecule has 0 radical (unpaired) electrons. The first-order chi connectivity index (χ1) is 7.66. The Balaban J connectivity index is 2.31. The lowest BCUT2D eigenvalue weighted by Crippen LogP contribution is -2.09. The summed E-state index contributed by atoms with van der Waals surface area (Å²) < 4.78 is 5.83. The molecule has 1 aliphatic rings. The Morgan fingerprint density at radius 3 is 3.00 bits per heavy atom. The summed E-state index contributed by atoms with van der Waals surface area (Å²) in [5, 5.41) is 4.15. The number of hydrogen-bond donors (Lipinski definition) is 1. The Hall–Kier alpha value is -0.830. The molecule has 0 fully saturated rings. The van der Waals surface area contributed by atoms with E-state index in [1.165, 1.54) is 17.0 Å². The summed E-state index contributed by atoms with van der Waals surface area (Å²) in [7, 11) is 0. The minimum absolute atomic E-state index is 0.221. The van der Waals surface area contributed by atoms with Gasteiger partial charge >= 0.3 is 0 Å². The molecular weight excluding hydrogens is 218 g/mol. The van der Waals surface area contributed by atoms with Gasteiger partial charge in [0.25, 0.3) is 0 Å². The maximum absolute atomic E-state index is 5.83. The maximum Gasteiger partial charge on any atom is 0.143 e. The normalized spacial score (nSPS) is 19.9. The van der Waals surface area contributed by atoms with Crippen molar-refractivity contribution in [2.75, 3.05) is 11.9 Å². The van der Waals surface area contributed by atoms with Gasteiger partial charge in [0.15, 0.2) is 0 Å². The Morgan fingerprint density at radius 1 is 1.44 bits per heavy atom. The molecule has 88 valence electrons. The molecule has 1 aromatic rings. The summed E-state index contributed by atoms with van der Waals surface area (Å²) >= 11 is 1.93. The standard InChI is InChI=1S/C13H19NOS/c1-9(2)15-11-5-4-6-12-13(11)14-8-7-10(3)16-12/h4-6,9-10,14H,7-8H2,1-3H3. The van der Waals surface area contributed by atoms with Crippen molar-refractivity contribution in [3.05, 3.63) is 18.2 Å². The van der Waals surface area contributed by atoms with E-state index >= 15 is 0 Å². The van der Waals surface area contributed by atoms with E-state index in [-0.39, 0.29) is 6.10 Å². The molecule has 2 rings (SSSR count). The molecule has 1 atom stereocenters. The highest BCUT2D eigenvalue weighted by Crippen LogP contribution is 2.40. The largest absolute Gasteiger partial charge is 0.489 e. The van der Waals surface area contributed by atoms with Crippen molar-refractivity contribution in [1.82, 2.24) is 0 Å². The van der Waals surface area contributed by atoms with Gasteiger partial charge in [-0.15, -0.1) is 11.8 Å². The zero-order valence-corrected chi connectivity index (χ0v) is 10.9. The molecule has 1 aromatic carbocycles. The monoisotopic (exact) mass is 237 g/mol. The summed E-state index contributed by atoms with van der Waals surface area (Å²) in [6.45, 7) is 7.43. The number of thioether (sulfide) groups is 1. The lowest BCUT2D eigenvalue weighted by atomic mass is 10.2. The number of para-hydroxylation sites is 1. The van der Waals surface area contributed by atoms with E-state index in [9.17, 15) is 0 Å². The van der Waals surface area contributed by atoms with E-state index in [1.807, 2.05) is 17.8 Å². The quantitative estimate of drug-likeness (QED) is 0.846. The van der Waals surface area contributed by atoms with Crippen LogP contribution in [0, 0.1) is 0 Å². The highest BCUT2D eigenvalue weighted by Gasteiger charge is 2.17. The maximum atomic E-state index is 5.83. The molecule has 3 heteroatoms. The zero-order chi connectivity index (χ0) is 11.5. The van der Waals surface area contributed by atoms with Crippen LogP contribution in [0.2, 0.25) is 0 Å². The Morgan fingerprint density at radius 2 is 2.25 bits per heavy atom. The first-order valence-corrected chi connectivity index (χ1v) is 6.75. The van der Waals surface area contributed by atoms with Crippen molar-refractivity contribution >= 4 is 17.4 Å². The van der Waals surface area contributed by atoms with Crippen LogP contribution in [0.15, 0.2) is 23.1 Å². The second-order valence-corrected chi connectivity index (χ2v) is 5.92. The van der Waals surface area contributed by atoms with E-state index in [2.05, 4.69) is 38.2 Å². The fourth-order valence-corrected chi connectivity index (χ4v) is 2.93. The van der Waals surface area contributed by atoms with E-state index in [0.29, 0.717) is 5.25 Å². The molecule has 0 amide bonds. The molecule has 0 spiro atoms. The number of benzene rings is 1. The smallest absolute Gasteiger partial charge is 0.143 e. The van der Waals surface area contributed by atoms with Crippen LogP contribution in [-0.2, 0) is 0 Å². The summed E-state index contributed by atoms with van der Waals surface area (Å²) in [5.74, 6) is 0.981. The number of ether oxygens (including phenoxy) is 1. The SMILES string of the molecule is CC(C)Oc1cccc2c1NCCC(C)S2. The van der Waals surface area contributed by atoms with Crippen LogP contribution >= 0.6 is 11.8 Å². The van der Waals surface area contributed by atoms with Crippen molar-refractivity contribution < 1.29 is 4.74 Å². The number of rotatable bonds is 2. The van der Waals surface area contributed by atoms with Gasteiger partial charge in [-0.1, -0.05) is 13.0 Å². The van der Waals surface area contributed by atoms with Crippen molar-refractivity contribution in [3.63, 3.8) is 0 Å². The van der Waals surface area contributed by atoms with Gasteiger partial charge in [0.2, 0.25) is 0 Å². The van der Waals surface area contributed by atoms with E-state index in [1.54, 1.807) is 0 Å². The van der Waals surface area contributed by atoms with Gasteiger partial charge in [-0.25, -0.2) is 0 Å². The van der Waals surface area contributed by atoms with Gasteiger partial charge in [0.05, 0.1) is 11.8 Å². The second-order valence-electron chi connectivity index (χ2n) is 4.44. The van der Waals surface area contributed by atoms with Crippen LogP contribution in [0.5, 0.6) is 5.75 Å². The topological polar surface area (TPSA) is 21.3 Å². The summed E-state index contributed by atoms with van der Waals surface area (Å²) in [6.07, 6.45) is 1.42. The molecule has 0 saturated carbocycles. The lowest BCUT2D eigenvalue weighted by Gasteiger charge is -2.16.